The second kappa shape index (κ2) is 41.2. The molecule has 0 saturated carbocycles. The lowest BCUT2D eigenvalue weighted by atomic mass is 9.94. The molecule has 0 saturated heterocycles. The number of pyridine rings is 4. The van der Waals surface area contributed by atoms with Gasteiger partial charge in [-0.3, -0.25) is 82.0 Å². The van der Waals surface area contributed by atoms with Gasteiger partial charge >= 0.3 is 5.97 Å². The van der Waals surface area contributed by atoms with Crippen LogP contribution in [-0.4, -0.2) is 165 Å². The zero-order chi connectivity index (χ0) is 89.9. The second-order valence-electron chi connectivity index (χ2n) is 31.6. The number of carboxylic acid groups (broad SMARTS) is 1. The second-order valence-corrected chi connectivity index (χ2v) is 37.8. The minimum Gasteiger partial charge on any atom is -0.477 e. The number of fused-ring (bicyclic) bond motifs is 14. The summed E-state index contributed by atoms with van der Waals surface area (Å²) < 4.78 is 7.61. The topological polar surface area (TPSA) is 388 Å². The van der Waals surface area contributed by atoms with E-state index in [1.165, 1.54) is 53.6 Å². The molecule has 0 spiro atoms. The summed E-state index contributed by atoms with van der Waals surface area (Å²) in [7, 11) is 0. The number of halogens is 4. The molecule has 129 heavy (non-hydrogen) atoms. The average molecular weight is 1880 g/mol. The zero-order valence-corrected chi connectivity index (χ0v) is 75.8. The van der Waals surface area contributed by atoms with Gasteiger partial charge in [0.15, 0.2) is 5.78 Å². The van der Waals surface area contributed by atoms with E-state index < -0.39 is 12.0 Å². The van der Waals surface area contributed by atoms with Crippen molar-refractivity contribution < 1.29 is 43.5 Å². The lowest BCUT2D eigenvalue weighted by molar-refractivity contribution is 0.0622. The smallest absolute Gasteiger partial charge is 0.345 e. The van der Waals surface area contributed by atoms with Gasteiger partial charge in [-0.15, -0.1) is 45.3 Å². The number of carboxylic acids is 1. The van der Waals surface area contributed by atoms with Crippen LogP contribution in [0, 0.1) is 5.92 Å². The Bertz CT molecular complexity index is 6240. The Balaban J connectivity index is 0.000000121. The summed E-state index contributed by atoms with van der Waals surface area (Å²) >= 11 is 31.1. The Morgan fingerprint density at radius 2 is 0.705 bits per heavy atom. The van der Waals surface area contributed by atoms with Crippen LogP contribution in [0.5, 0.6) is 0 Å². The summed E-state index contributed by atoms with van der Waals surface area (Å²) in [5, 5.41) is 34.9. The molecule has 9 N–H and O–H groups in total. The van der Waals surface area contributed by atoms with Gasteiger partial charge in [0, 0.05) is 156 Å². The molecule has 0 unspecified atom stereocenters. The van der Waals surface area contributed by atoms with Crippen molar-refractivity contribution in [1.82, 2.24) is 79.5 Å². The average Bonchev–Trinajstić information content (AvgIpc) is 1.64. The first-order chi connectivity index (χ1) is 62.6. The summed E-state index contributed by atoms with van der Waals surface area (Å²) in [6.07, 6.45) is 30.8. The van der Waals surface area contributed by atoms with E-state index in [0.717, 1.165) is 166 Å². The van der Waals surface area contributed by atoms with E-state index in [2.05, 4.69) is 51.0 Å². The molecule has 36 heteroatoms. The first-order valence-electron chi connectivity index (χ1n) is 42.0. The molecule has 12 aromatic heterocycles. The number of hydrogen-bond acceptors (Lipinski definition) is 23. The van der Waals surface area contributed by atoms with Crippen molar-refractivity contribution in [3.8, 4) is 45.0 Å². The molecular weight excluding hydrogens is 1800 g/mol. The highest BCUT2D eigenvalue weighted by Gasteiger charge is 2.39. The number of carbonyl (C=O) groups is 8. The third-order valence-electron chi connectivity index (χ3n) is 22.8. The van der Waals surface area contributed by atoms with Crippen molar-refractivity contribution in [2.45, 2.75) is 128 Å². The molecule has 18 heterocycles. The van der Waals surface area contributed by atoms with E-state index in [-0.39, 0.29) is 72.3 Å². The molecule has 660 valence electrons. The Labute approximate surface area is 777 Å². The first kappa shape index (κ1) is 90.4. The van der Waals surface area contributed by atoms with E-state index in [1.54, 1.807) is 140 Å². The van der Waals surface area contributed by atoms with Crippen LogP contribution in [0.1, 0.15) is 154 Å². The van der Waals surface area contributed by atoms with Crippen molar-refractivity contribution in [1.29, 1.82) is 0 Å². The maximum Gasteiger partial charge on any atom is 0.345 e. The van der Waals surface area contributed by atoms with E-state index in [9.17, 15) is 38.4 Å². The maximum absolute atomic E-state index is 13.5. The van der Waals surface area contributed by atoms with Crippen LogP contribution >= 0.6 is 91.8 Å². The lowest BCUT2D eigenvalue weighted by Gasteiger charge is -2.23. The molecule has 0 aliphatic carbocycles. The molecule has 6 amide bonds. The number of nitrogens with zero attached hydrogens (tertiary/aromatic N) is 14. The molecule has 6 aliphatic heterocycles. The maximum atomic E-state index is 13.5. The zero-order valence-electron chi connectivity index (χ0n) is 69.5. The number of carbonyl (C=O) groups excluding carboxylic acids is 7. The molecule has 2 aromatic carbocycles. The van der Waals surface area contributed by atoms with Gasteiger partial charge in [0.2, 0.25) is 0 Å². The number of rotatable bonds is 22. The fourth-order valence-electron chi connectivity index (χ4n) is 16.6. The van der Waals surface area contributed by atoms with E-state index in [0.29, 0.717) is 95.7 Å². The standard InChI is InChI=1S/C27H22ClN5O3S.C20H21ClN4OS.C19H20ClN5OS.C16H15N3O2.C11H9ClN2O2S/c28-21-14-30-33-11-3-6-22-20(24(21)33)13-23(37-22)25(34)31-17(12-16-7-9-29-10-8-16)15-32-26(35)18-4-1-2-5-19(18)27(32)36;21-16-12-24-25-7-1-2-18-15(20(16)25)10-19(27-18)17(26)9-14(11-22)8-13-3-5-23-6-4-13;20-15-11-23-25-7-1-2-16-14(18(15)25)9-17(27-16)19(26)24-13(10-21)8-12-3-5-22-6-4-12;17-12(9-11-5-7-18-8-6-11)10-19-15(20)13-3-1-2-4-14(13)16(19)21;12-7-5-13-14-3-1-2-8-6(10(7)14)4-9(17-8)11(15)16/h1-2,4-5,7-10,13-14,17H,3,6,11-12,15H2,(H,31,34);3-6,10,12,14H,1-2,7-9,11,22H2;3-6,9,11,13H,1-2,7-8,10,21H2,(H,24,26);1-8,12H,9-10,17H2;4-5H,1-3H2,(H,15,16)/t17-;14-;13-;12-;/m0100./s1. The molecule has 28 nitrogen and oxygen atoms in total. The number of aromatic nitrogens is 12. The fraction of sp³-hybridized carbons (Fsp3) is 0.269. The highest BCUT2D eigenvalue weighted by atomic mass is 35.5. The molecule has 4 atom stereocenters. The third kappa shape index (κ3) is 20.7. The van der Waals surface area contributed by atoms with E-state index >= 15 is 0 Å². The molecule has 14 aromatic rings. The highest BCUT2D eigenvalue weighted by molar-refractivity contribution is 7.15. The van der Waals surface area contributed by atoms with Gasteiger partial charge in [-0.25, -0.2) is 4.79 Å². The third-order valence-corrected chi connectivity index (χ3v) is 28.7. The van der Waals surface area contributed by atoms with E-state index in [1.807, 2.05) is 85.5 Å². The monoisotopic (exact) mass is 1880 g/mol. The summed E-state index contributed by atoms with van der Waals surface area (Å²) in [6.45, 7) is 4.43. The Morgan fingerprint density at radius 1 is 0.395 bits per heavy atom. The highest BCUT2D eigenvalue weighted by Crippen LogP contribution is 2.44. The number of hydrogen-bond donors (Lipinski definition) is 6. The Morgan fingerprint density at radius 3 is 1.06 bits per heavy atom. The van der Waals surface area contributed by atoms with Crippen molar-refractivity contribution in [2.24, 2.45) is 23.1 Å². The number of thiophene rings is 4. The van der Waals surface area contributed by atoms with Crippen LogP contribution in [0.4, 0.5) is 0 Å². The molecule has 20 rings (SSSR count). The lowest BCUT2D eigenvalue weighted by Crippen LogP contribution is -2.46. The van der Waals surface area contributed by atoms with Crippen LogP contribution in [0.25, 0.3) is 45.0 Å². The predicted molar refractivity (Wildman–Crippen MR) is 499 cm³/mol. The van der Waals surface area contributed by atoms with Crippen LogP contribution < -0.4 is 27.8 Å². The van der Waals surface area contributed by atoms with Crippen molar-refractivity contribution in [2.75, 3.05) is 26.2 Å². The summed E-state index contributed by atoms with van der Waals surface area (Å²) in [5.74, 6) is -2.18. The van der Waals surface area contributed by atoms with Gasteiger partial charge in [0.25, 0.3) is 35.4 Å². The molecular formula is C93H87Cl4N19O9S4. The SMILES string of the molecule is NC[C@@H](CC(=O)c1cc2c(s1)CCCn1ncc(Cl)c1-2)Cc1ccncc1.NC[C@H](Cc1ccncc1)NC(=O)c1cc2c(s1)CCCn1ncc(Cl)c1-2.N[C@@H](Cc1ccncc1)CN1C(=O)c2ccccc2C1=O.O=C(N[C@@H](Cc1ccncc1)CN1C(=O)c2ccccc2C1=O)c1cc2c(s1)CCCn1ncc(Cl)c1-2.O=C(O)c1cc2c(s1)CCCn1ncc(Cl)c1-2. The minimum absolute atomic E-state index is 0.0596. The normalized spacial score (nSPS) is 14.6. The number of amides is 6. The predicted octanol–water partition coefficient (Wildman–Crippen LogP) is 15.3. The minimum atomic E-state index is -0.884. The van der Waals surface area contributed by atoms with Gasteiger partial charge < -0.3 is 32.9 Å². The summed E-state index contributed by atoms with van der Waals surface area (Å²) in [4.78, 5) is 126. The van der Waals surface area contributed by atoms with Crippen molar-refractivity contribution in [3.63, 3.8) is 0 Å². The number of imide groups is 2. The number of benzene rings is 2. The van der Waals surface area contributed by atoms with Crippen molar-refractivity contribution in [3.05, 3.63) is 299 Å². The number of aromatic carboxylic acids is 1. The van der Waals surface area contributed by atoms with E-state index in [4.69, 9.17) is 68.7 Å². The number of ketones is 1. The molecule has 0 bridgehead atoms. The van der Waals surface area contributed by atoms with Gasteiger partial charge in [0.05, 0.1) is 111 Å². The quantitative estimate of drug-likeness (QED) is 0.0271. The first-order valence-corrected chi connectivity index (χ1v) is 46.8. The van der Waals surface area contributed by atoms with Crippen LogP contribution in [0.2, 0.25) is 20.1 Å². The van der Waals surface area contributed by atoms with Gasteiger partial charge in [-0.05, 0) is 209 Å². The number of nitrogens with two attached hydrogens (primary N) is 3. The molecule has 0 radical (unpaired) electrons. The van der Waals surface area contributed by atoms with Crippen LogP contribution in [-0.2, 0) is 77.5 Å². The van der Waals surface area contributed by atoms with Crippen molar-refractivity contribution >= 4 is 139 Å². The van der Waals surface area contributed by atoms with Gasteiger partial charge in [-0.1, -0.05) is 70.7 Å². The largest absolute Gasteiger partial charge is 0.477 e. The number of Topliss-reactive ketones (excluding diaryl/α,β-unsaturated/α-hetero) is 1. The molecule has 6 aliphatic rings. The Kier molecular flexibility index (Phi) is 28.9. The van der Waals surface area contributed by atoms with Gasteiger partial charge in [-0.2, -0.15) is 20.4 Å². The number of nitrogens with one attached hydrogen (secondary N) is 2. The Hall–Kier alpha value is -11.9. The number of aryl methyl sites for hydroxylation is 8. The molecule has 0 fully saturated rings. The summed E-state index contributed by atoms with van der Waals surface area (Å²) in [6, 6.07) is 35.5. The van der Waals surface area contributed by atoms with Crippen LogP contribution in [0.3, 0.4) is 0 Å². The fourth-order valence-corrected chi connectivity index (χ4v) is 21.9. The van der Waals surface area contributed by atoms with Crippen LogP contribution in [0.15, 0.2) is 196 Å². The van der Waals surface area contributed by atoms with Gasteiger partial charge in [0.1, 0.15) is 4.88 Å². The summed E-state index contributed by atoms with van der Waals surface area (Å²) in [5.41, 5.74) is 31.3.